The molecule has 3 aromatic rings. The van der Waals surface area contributed by atoms with Gasteiger partial charge >= 0.3 is 0 Å². The Bertz CT molecular complexity index is 893. The van der Waals surface area contributed by atoms with Gasteiger partial charge in [0.2, 0.25) is 0 Å². The van der Waals surface area contributed by atoms with Crippen molar-refractivity contribution in [3.05, 3.63) is 95.6 Å². The van der Waals surface area contributed by atoms with Gasteiger partial charge in [0.05, 0.1) is 0 Å². The average Bonchev–Trinajstić information content (AvgIpc) is 2.78. The first-order chi connectivity index (χ1) is 14.3. The first kappa shape index (κ1) is 19.8. The quantitative estimate of drug-likeness (QED) is 0.436. The van der Waals surface area contributed by atoms with E-state index in [1.807, 2.05) is 46.9 Å². The summed E-state index contributed by atoms with van der Waals surface area (Å²) in [5.41, 5.74) is 3.56. The third-order valence-corrected chi connectivity index (χ3v) is 5.69. The van der Waals surface area contributed by atoms with Crippen molar-refractivity contribution in [1.29, 1.82) is 0 Å². The van der Waals surface area contributed by atoms with Gasteiger partial charge in [-0.1, -0.05) is 66.7 Å². The molecule has 29 heavy (non-hydrogen) atoms. The minimum absolute atomic E-state index is 0.457. The Hall–Kier alpha value is -2.49. The topological polar surface area (TPSA) is 21.7 Å². The molecule has 0 unspecified atom stereocenters. The van der Waals surface area contributed by atoms with E-state index in [1.54, 1.807) is 0 Å². The fraction of sp³-hybridized carbons (Fsp3) is 0.280. The van der Waals surface area contributed by atoms with E-state index in [0.717, 1.165) is 48.6 Å². The minimum Gasteiger partial charge on any atom is -0.489 e. The summed E-state index contributed by atoms with van der Waals surface area (Å²) in [4.78, 5) is 0. The molecule has 0 amide bonds. The molecule has 0 radical (unpaired) electrons. The molecule has 4 heteroatoms. The average molecular weight is 408 g/mol. The van der Waals surface area contributed by atoms with Crippen LogP contribution in [0.4, 0.5) is 0 Å². The Balaban J connectivity index is 1.51. The van der Waals surface area contributed by atoms with Gasteiger partial charge in [-0.2, -0.15) is 0 Å². The Morgan fingerprint density at radius 1 is 0.759 bits per heavy atom. The Morgan fingerprint density at radius 2 is 1.34 bits per heavy atom. The second kappa shape index (κ2) is 9.82. The van der Waals surface area contributed by atoms with Crippen LogP contribution in [-0.4, -0.2) is 17.5 Å². The second-order valence-electron chi connectivity index (χ2n) is 7.43. The normalized spacial score (nSPS) is 15.2. The molecule has 150 valence electrons. The number of rotatable bonds is 7. The van der Waals surface area contributed by atoms with Crippen LogP contribution in [0.25, 0.3) is 0 Å². The number of piperidine rings is 1. The van der Waals surface area contributed by atoms with Gasteiger partial charge in [-0.15, -0.1) is 0 Å². The maximum Gasteiger partial charge on any atom is 0.126 e. The molecule has 1 aliphatic heterocycles. The highest BCUT2D eigenvalue weighted by Crippen LogP contribution is 2.37. The fourth-order valence-electron chi connectivity index (χ4n) is 3.70. The van der Waals surface area contributed by atoms with Crippen LogP contribution in [-0.2, 0) is 13.2 Å². The van der Waals surface area contributed by atoms with E-state index in [0.29, 0.717) is 19.1 Å². The third kappa shape index (κ3) is 5.53. The van der Waals surface area contributed by atoms with E-state index in [1.165, 1.54) is 5.56 Å². The van der Waals surface area contributed by atoms with Gasteiger partial charge < -0.3 is 9.47 Å². The molecule has 1 fully saturated rings. The van der Waals surface area contributed by atoms with E-state index < -0.39 is 0 Å². The van der Waals surface area contributed by atoms with Crippen LogP contribution < -0.4 is 9.47 Å². The summed E-state index contributed by atoms with van der Waals surface area (Å²) in [7, 11) is 0. The summed E-state index contributed by atoms with van der Waals surface area (Å²) in [5, 5.41) is 0. The standard InChI is InChI=1S/C25H26ClNO2/c26-27-15-13-22(14-16-27)24-12-11-23(28-18-20-7-3-1-4-8-20)17-25(24)29-19-21-9-5-2-6-10-21/h1-12,17,22H,13-16,18-19H2. The summed E-state index contributed by atoms with van der Waals surface area (Å²) in [6, 6.07) is 26.7. The van der Waals surface area contributed by atoms with Crippen molar-refractivity contribution < 1.29 is 9.47 Å². The number of nitrogens with zero attached hydrogens (tertiary/aromatic N) is 1. The van der Waals surface area contributed by atoms with Gasteiger partial charge in [0.1, 0.15) is 24.7 Å². The number of halogens is 1. The summed E-state index contributed by atoms with van der Waals surface area (Å²) in [6.07, 6.45) is 2.07. The van der Waals surface area contributed by atoms with E-state index in [-0.39, 0.29) is 0 Å². The molecule has 0 atom stereocenters. The lowest BCUT2D eigenvalue weighted by atomic mass is 9.89. The molecule has 4 rings (SSSR count). The van der Waals surface area contributed by atoms with Crippen molar-refractivity contribution in [2.75, 3.05) is 13.1 Å². The maximum absolute atomic E-state index is 6.27. The van der Waals surface area contributed by atoms with Crippen LogP contribution in [0.2, 0.25) is 0 Å². The van der Waals surface area contributed by atoms with Crippen molar-refractivity contribution in [1.82, 2.24) is 4.42 Å². The van der Waals surface area contributed by atoms with Crippen LogP contribution in [0.1, 0.15) is 35.4 Å². The van der Waals surface area contributed by atoms with E-state index in [4.69, 9.17) is 21.3 Å². The number of hydrogen-bond acceptors (Lipinski definition) is 3. The SMILES string of the molecule is ClN1CCC(c2ccc(OCc3ccccc3)cc2OCc2ccccc2)CC1. The van der Waals surface area contributed by atoms with Gasteiger partial charge in [-0.05, 0) is 53.3 Å². The molecular formula is C25H26ClNO2. The van der Waals surface area contributed by atoms with Crippen molar-refractivity contribution >= 4 is 11.8 Å². The second-order valence-corrected chi connectivity index (χ2v) is 7.91. The predicted octanol–water partition coefficient (Wildman–Crippen LogP) is 6.18. The zero-order valence-electron chi connectivity index (χ0n) is 16.5. The number of hydrogen-bond donors (Lipinski definition) is 0. The lowest BCUT2D eigenvalue weighted by Crippen LogP contribution is -2.25. The van der Waals surface area contributed by atoms with Gasteiger partial charge in [0.15, 0.2) is 0 Å². The zero-order chi connectivity index (χ0) is 19.9. The first-order valence-electron chi connectivity index (χ1n) is 10.2. The molecule has 0 N–H and O–H groups in total. The van der Waals surface area contributed by atoms with E-state index >= 15 is 0 Å². The van der Waals surface area contributed by atoms with Crippen molar-refractivity contribution in [3.63, 3.8) is 0 Å². The number of benzene rings is 3. The molecule has 0 saturated carbocycles. The van der Waals surface area contributed by atoms with Gasteiger partial charge in [0, 0.05) is 19.2 Å². The zero-order valence-corrected chi connectivity index (χ0v) is 17.2. The molecule has 3 aromatic carbocycles. The highest BCUT2D eigenvalue weighted by Gasteiger charge is 2.23. The minimum atomic E-state index is 0.457. The Kier molecular flexibility index (Phi) is 6.71. The Morgan fingerprint density at radius 3 is 1.97 bits per heavy atom. The lowest BCUT2D eigenvalue weighted by Gasteiger charge is -2.28. The van der Waals surface area contributed by atoms with Crippen LogP contribution in [0.5, 0.6) is 11.5 Å². The molecule has 1 heterocycles. The molecule has 0 aromatic heterocycles. The van der Waals surface area contributed by atoms with Crippen molar-refractivity contribution in [2.24, 2.45) is 0 Å². The lowest BCUT2D eigenvalue weighted by molar-refractivity contribution is 0.279. The Labute approximate surface area is 177 Å². The fourth-order valence-corrected chi connectivity index (χ4v) is 3.90. The molecule has 0 aliphatic carbocycles. The predicted molar refractivity (Wildman–Crippen MR) is 117 cm³/mol. The van der Waals surface area contributed by atoms with Gasteiger partial charge in [0.25, 0.3) is 0 Å². The van der Waals surface area contributed by atoms with Gasteiger partial charge in [-0.25, -0.2) is 4.42 Å². The molecule has 1 saturated heterocycles. The van der Waals surface area contributed by atoms with Crippen LogP contribution in [0.15, 0.2) is 78.9 Å². The third-order valence-electron chi connectivity index (χ3n) is 5.35. The maximum atomic E-state index is 6.27. The highest BCUT2D eigenvalue weighted by atomic mass is 35.5. The van der Waals surface area contributed by atoms with E-state index in [9.17, 15) is 0 Å². The smallest absolute Gasteiger partial charge is 0.126 e. The molecule has 1 aliphatic rings. The highest BCUT2D eigenvalue weighted by molar-refractivity contribution is 6.13. The van der Waals surface area contributed by atoms with Crippen LogP contribution >= 0.6 is 11.8 Å². The summed E-state index contributed by atoms with van der Waals surface area (Å²) < 4.78 is 14.2. The van der Waals surface area contributed by atoms with Crippen molar-refractivity contribution in [3.8, 4) is 11.5 Å². The van der Waals surface area contributed by atoms with E-state index in [2.05, 4.69) is 36.4 Å². The molecule has 0 bridgehead atoms. The molecular weight excluding hydrogens is 382 g/mol. The summed E-state index contributed by atoms with van der Waals surface area (Å²) >= 11 is 6.16. The molecule has 0 spiro atoms. The van der Waals surface area contributed by atoms with Crippen LogP contribution in [0, 0.1) is 0 Å². The largest absolute Gasteiger partial charge is 0.489 e. The first-order valence-corrected chi connectivity index (χ1v) is 10.5. The van der Waals surface area contributed by atoms with Crippen LogP contribution in [0.3, 0.4) is 0 Å². The molecule has 3 nitrogen and oxygen atoms in total. The summed E-state index contributed by atoms with van der Waals surface area (Å²) in [5.74, 6) is 2.20. The summed E-state index contributed by atoms with van der Waals surface area (Å²) in [6.45, 7) is 2.89. The number of ether oxygens (including phenoxy) is 2. The van der Waals surface area contributed by atoms with Gasteiger partial charge in [-0.3, -0.25) is 0 Å². The monoisotopic (exact) mass is 407 g/mol. The van der Waals surface area contributed by atoms with Crippen molar-refractivity contribution in [2.45, 2.75) is 32.0 Å².